The number of likely N-dealkylation sites (tertiary alicyclic amines) is 1. The maximum absolute atomic E-state index is 6.43. The summed E-state index contributed by atoms with van der Waals surface area (Å²) in [5.74, 6) is 4.13. The van der Waals surface area contributed by atoms with Crippen LogP contribution in [0.5, 0.6) is 0 Å². The third-order valence-corrected chi connectivity index (χ3v) is 12.7. The second kappa shape index (κ2) is 15.3. The Balaban J connectivity index is 1.17. The van der Waals surface area contributed by atoms with Crippen LogP contribution >= 0.6 is 35.1 Å². The van der Waals surface area contributed by atoms with Crippen molar-refractivity contribution in [1.82, 2.24) is 14.9 Å². The molecule has 1 saturated heterocycles. The molecular formula is C32H59Cl2N3S. The van der Waals surface area contributed by atoms with Gasteiger partial charge in [-0.1, -0.05) is 46.1 Å². The second-order valence-corrected chi connectivity index (χ2v) is 17.1. The molecule has 2 unspecified atom stereocenters. The minimum atomic E-state index is 0.411. The van der Waals surface area contributed by atoms with Crippen molar-refractivity contribution >= 4 is 35.1 Å². The molecule has 0 bridgehead atoms. The van der Waals surface area contributed by atoms with E-state index in [2.05, 4.69) is 42.6 Å². The van der Waals surface area contributed by atoms with Crippen molar-refractivity contribution in [2.45, 2.75) is 133 Å². The molecule has 38 heavy (non-hydrogen) atoms. The first-order valence-corrected chi connectivity index (χ1v) is 18.1. The van der Waals surface area contributed by atoms with Crippen LogP contribution in [0.4, 0.5) is 0 Å². The number of alkyl halides is 2. The van der Waals surface area contributed by atoms with Gasteiger partial charge in [0.2, 0.25) is 0 Å². The van der Waals surface area contributed by atoms with Gasteiger partial charge in [-0.15, -0.1) is 23.2 Å². The summed E-state index contributed by atoms with van der Waals surface area (Å²) in [5, 5.41) is 5.71. The van der Waals surface area contributed by atoms with Gasteiger partial charge in [0.25, 0.3) is 0 Å². The molecule has 0 radical (unpaired) electrons. The normalized spacial score (nSPS) is 37.8. The maximum Gasteiger partial charge on any atom is 0.0336 e. The number of hydrogen-bond donors (Lipinski definition) is 2. The van der Waals surface area contributed by atoms with Crippen molar-refractivity contribution in [1.29, 1.82) is 0 Å². The molecule has 6 heteroatoms. The lowest BCUT2D eigenvalue weighted by atomic mass is 9.64. The monoisotopic (exact) mass is 587 g/mol. The molecule has 4 rings (SSSR count). The van der Waals surface area contributed by atoms with Gasteiger partial charge in [-0.2, -0.15) is 0 Å². The van der Waals surface area contributed by atoms with Crippen molar-refractivity contribution in [3.63, 3.8) is 0 Å². The van der Waals surface area contributed by atoms with Crippen LogP contribution in [0.15, 0.2) is 0 Å². The fourth-order valence-electron chi connectivity index (χ4n) is 8.30. The number of halogens is 2. The lowest BCUT2D eigenvalue weighted by Crippen LogP contribution is -2.53. The Morgan fingerprint density at radius 2 is 1.47 bits per heavy atom. The van der Waals surface area contributed by atoms with E-state index >= 15 is 0 Å². The highest BCUT2D eigenvalue weighted by Crippen LogP contribution is 2.45. The topological polar surface area (TPSA) is 27.3 Å². The molecular weight excluding hydrogens is 529 g/mol. The van der Waals surface area contributed by atoms with Crippen LogP contribution in [0.1, 0.15) is 111 Å². The van der Waals surface area contributed by atoms with E-state index in [0.29, 0.717) is 28.1 Å². The Labute approximate surface area is 250 Å². The Kier molecular flexibility index (Phi) is 12.8. The van der Waals surface area contributed by atoms with Crippen molar-refractivity contribution in [2.24, 2.45) is 35.0 Å². The highest BCUT2D eigenvalue weighted by molar-refractivity contribution is 7.98. The Morgan fingerprint density at radius 3 is 2.11 bits per heavy atom. The fraction of sp³-hybridized carbons (Fsp3) is 1.00. The van der Waals surface area contributed by atoms with E-state index in [4.69, 9.17) is 23.2 Å². The first-order valence-electron chi connectivity index (χ1n) is 16.3. The van der Waals surface area contributed by atoms with E-state index in [9.17, 15) is 0 Å². The largest absolute Gasteiger partial charge is 0.312 e. The molecule has 222 valence electrons. The molecule has 3 aliphatic carbocycles. The summed E-state index contributed by atoms with van der Waals surface area (Å²) in [6.07, 6.45) is 17.1. The average Bonchev–Trinajstić information content (AvgIpc) is 2.88. The molecule has 1 heterocycles. The summed E-state index contributed by atoms with van der Waals surface area (Å²) in [6.45, 7) is 16.1. The van der Waals surface area contributed by atoms with E-state index in [1.807, 2.05) is 11.9 Å². The van der Waals surface area contributed by atoms with E-state index in [-0.39, 0.29) is 0 Å². The predicted molar refractivity (Wildman–Crippen MR) is 169 cm³/mol. The van der Waals surface area contributed by atoms with Gasteiger partial charge in [0.15, 0.2) is 0 Å². The second-order valence-electron chi connectivity index (χ2n) is 14.6. The molecule has 3 nitrogen and oxygen atoms in total. The van der Waals surface area contributed by atoms with E-state index in [0.717, 1.165) is 28.9 Å². The molecule has 3 saturated carbocycles. The van der Waals surface area contributed by atoms with Crippen LogP contribution in [0.25, 0.3) is 0 Å². The Bertz CT molecular complexity index is 676. The Hall–Kier alpha value is 0.810. The standard InChI is InChI=1S/C32H59Cl2N3S/c1-23(2)31(21-37-17-16-30(32(3,4)22-37)26-8-10-27(33)11-9-26)35-19-24-6-5-7-25(18-24)20-36-38-29-14-12-28(34)13-15-29/h23-31,35-36H,5-22H2,1-4H3/t24?,25?,26?,27?,28?,29?,30-,31+/m1/s1. The minimum absolute atomic E-state index is 0.411. The maximum atomic E-state index is 6.43. The fourth-order valence-corrected chi connectivity index (χ4v) is 9.88. The third kappa shape index (κ3) is 9.69. The summed E-state index contributed by atoms with van der Waals surface area (Å²) in [5.41, 5.74) is 0.411. The molecule has 0 aromatic heterocycles. The smallest absolute Gasteiger partial charge is 0.0336 e. The van der Waals surface area contributed by atoms with Crippen LogP contribution in [-0.2, 0) is 0 Å². The van der Waals surface area contributed by atoms with Crippen molar-refractivity contribution in [3.8, 4) is 0 Å². The van der Waals surface area contributed by atoms with Crippen LogP contribution < -0.4 is 10.0 Å². The van der Waals surface area contributed by atoms with Crippen LogP contribution in [0.2, 0.25) is 0 Å². The highest BCUT2D eigenvalue weighted by atomic mass is 35.5. The van der Waals surface area contributed by atoms with Gasteiger partial charge in [0.05, 0.1) is 0 Å². The third-order valence-electron chi connectivity index (χ3n) is 10.7. The summed E-state index contributed by atoms with van der Waals surface area (Å²) in [6, 6.07) is 0.597. The highest BCUT2D eigenvalue weighted by Gasteiger charge is 2.41. The molecule has 4 atom stereocenters. The van der Waals surface area contributed by atoms with Gasteiger partial charge < -0.3 is 10.2 Å². The summed E-state index contributed by atoms with van der Waals surface area (Å²) in [7, 11) is 0. The average molecular weight is 589 g/mol. The lowest BCUT2D eigenvalue weighted by Gasteiger charge is -2.49. The van der Waals surface area contributed by atoms with Gasteiger partial charge in [0, 0.05) is 41.7 Å². The molecule has 1 aliphatic heterocycles. The van der Waals surface area contributed by atoms with E-state index in [1.54, 1.807) is 0 Å². The first kappa shape index (κ1) is 31.7. The number of nitrogens with zero attached hydrogens (tertiary/aromatic N) is 1. The van der Waals surface area contributed by atoms with Crippen molar-refractivity contribution in [2.75, 3.05) is 32.7 Å². The van der Waals surface area contributed by atoms with Gasteiger partial charge in [-0.25, -0.2) is 0 Å². The molecule has 2 N–H and O–H groups in total. The van der Waals surface area contributed by atoms with Gasteiger partial charge in [-0.05, 0) is 125 Å². The number of piperidine rings is 1. The lowest BCUT2D eigenvalue weighted by molar-refractivity contribution is 0.00453. The molecule has 0 aromatic carbocycles. The van der Waals surface area contributed by atoms with Crippen LogP contribution in [0, 0.1) is 35.0 Å². The van der Waals surface area contributed by atoms with Crippen LogP contribution in [-0.4, -0.2) is 59.7 Å². The molecule has 0 amide bonds. The zero-order valence-corrected chi connectivity index (χ0v) is 27.4. The zero-order chi connectivity index (χ0) is 27.1. The number of hydrogen-bond acceptors (Lipinski definition) is 4. The summed E-state index contributed by atoms with van der Waals surface area (Å²) in [4.78, 5) is 2.80. The number of nitrogens with one attached hydrogen (secondary N) is 2. The Morgan fingerprint density at radius 1 is 0.842 bits per heavy atom. The van der Waals surface area contributed by atoms with Gasteiger partial charge >= 0.3 is 0 Å². The van der Waals surface area contributed by atoms with Crippen molar-refractivity contribution in [3.05, 3.63) is 0 Å². The minimum Gasteiger partial charge on any atom is -0.312 e. The molecule has 4 fully saturated rings. The van der Waals surface area contributed by atoms with E-state index in [1.165, 1.54) is 116 Å². The van der Waals surface area contributed by atoms with Gasteiger partial charge in [-0.3, -0.25) is 4.72 Å². The molecule has 4 aliphatic rings. The first-order chi connectivity index (χ1) is 18.2. The SMILES string of the molecule is CC(C)[C@H](CN1CC[C@H](C2CCC(Cl)CC2)C(C)(C)C1)NCC1CCCC(CNSC2CCC(Cl)CC2)C1. The quantitative estimate of drug-likeness (QED) is 0.187. The van der Waals surface area contributed by atoms with Crippen LogP contribution in [0.3, 0.4) is 0 Å². The molecule has 0 spiro atoms. The predicted octanol–water partition coefficient (Wildman–Crippen LogP) is 8.34. The summed E-state index contributed by atoms with van der Waals surface area (Å²) >= 11 is 14.7. The zero-order valence-electron chi connectivity index (χ0n) is 25.0. The van der Waals surface area contributed by atoms with E-state index < -0.39 is 0 Å². The van der Waals surface area contributed by atoms with Gasteiger partial charge in [0.1, 0.15) is 0 Å². The molecule has 0 aromatic rings. The number of rotatable bonds is 11. The van der Waals surface area contributed by atoms with Crippen molar-refractivity contribution < 1.29 is 0 Å². The summed E-state index contributed by atoms with van der Waals surface area (Å²) < 4.78 is 3.77.